The van der Waals surface area contributed by atoms with E-state index < -0.39 is 12.0 Å². The second-order valence-electron chi connectivity index (χ2n) is 7.17. The lowest BCUT2D eigenvalue weighted by Crippen LogP contribution is -2.36. The summed E-state index contributed by atoms with van der Waals surface area (Å²) in [4.78, 5) is 23.2. The van der Waals surface area contributed by atoms with Crippen LogP contribution in [-0.2, 0) is 15.0 Å². The molecule has 26 heavy (non-hydrogen) atoms. The van der Waals surface area contributed by atoms with E-state index in [0.29, 0.717) is 5.75 Å². The highest BCUT2D eigenvalue weighted by atomic mass is 16.5. The van der Waals surface area contributed by atoms with Gasteiger partial charge in [0.2, 0.25) is 0 Å². The normalized spacial score (nSPS) is 12.3. The van der Waals surface area contributed by atoms with Gasteiger partial charge in [0, 0.05) is 12.4 Å². The number of carbonyl (C=O) groups excluding carboxylic acids is 2. The van der Waals surface area contributed by atoms with Crippen LogP contribution in [0.3, 0.4) is 0 Å². The zero-order chi connectivity index (χ0) is 19.2. The molecule has 0 aliphatic heterocycles. The molecule has 0 aliphatic carbocycles. The van der Waals surface area contributed by atoms with E-state index in [1.54, 1.807) is 12.1 Å². The SMILES string of the molecule is CC(C)(C)c1ccc([C@@H](CC(=O)[O-])NC(=O)COc2ccccc2)cc1. The Balaban J connectivity index is 2.04. The van der Waals surface area contributed by atoms with Crippen molar-refractivity contribution in [3.05, 3.63) is 65.7 Å². The number of carbonyl (C=O) groups is 2. The number of hydrogen-bond acceptors (Lipinski definition) is 4. The van der Waals surface area contributed by atoms with E-state index in [-0.39, 0.29) is 24.3 Å². The number of hydrogen-bond donors (Lipinski definition) is 1. The molecule has 0 saturated heterocycles. The van der Waals surface area contributed by atoms with Crippen LogP contribution in [0.2, 0.25) is 0 Å². The number of rotatable bonds is 7. The van der Waals surface area contributed by atoms with Crippen LogP contribution in [0, 0.1) is 0 Å². The summed E-state index contributed by atoms with van der Waals surface area (Å²) in [5.74, 6) is -1.03. The monoisotopic (exact) mass is 354 g/mol. The second-order valence-corrected chi connectivity index (χ2v) is 7.17. The Morgan fingerprint density at radius 1 is 1.04 bits per heavy atom. The summed E-state index contributed by atoms with van der Waals surface area (Å²) in [5, 5.41) is 13.8. The number of amides is 1. The van der Waals surface area contributed by atoms with Gasteiger partial charge in [0.15, 0.2) is 6.61 Å². The van der Waals surface area contributed by atoms with Crippen molar-refractivity contribution in [1.29, 1.82) is 0 Å². The molecule has 0 saturated carbocycles. The van der Waals surface area contributed by atoms with Crippen molar-refractivity contribution in [2.24, 2.45) is 0 Å². The molecule has 0 bridgehead atoms. The molecule has 0 radical (unpaired) electrons. The Hall–Kier alpha value is -2.82. The zero-order valence-electron chi connectivity index (χ0n) is 15.3. The zero-order valence-corrected chi connectivity index (χ0v) is 15.3. The van der Waals surface area contributed by atoms with Crippen LogP contribution in [-0.4, -0.2) is 18.5 Å². The molecule has 138 valence electrons. The van der Waals surface area contributed by atoms with Gasteiger partial charge < -0.3 is 20.0 Å². The van der Waals surface area contributed by atoms with Crippen molar-refractivity contribution in [2.45, 2.75) is 38.6 Å². The molecular formula is C21H24NO4-. The van der Waals surface area contributed by atoms with Crippen molar-refractivity contribution in [2.75, 3.05) is 6.61 Å². The highest BCUT2D eigenvalue weighted by Crippen LogP contribution is 2.25. The molecule has 1 atom stereocenters. The van der Waals surface area contributed by atoms with Crippen molar-refractivity contribution in [1.82, 2.24) is 5.32 Å². The van der Waals surface area contributed by atoms with Gasteiger partial charge >= 0.3 is 0 Å². The molecule has 5 heteroatoms. The molecule has 0 aromatic heterocycles. The highest BCUT2D eigenvalue weighted by molar-refractivity contribution is 5.79. The number of benzene rings is 2. The molecular weight excluding hydrogens is 330 g/mol. The Morgan fingerprint density at radius 3 is 2.19 bits per heavy atom. The largest absolute Gasteiger partial charge is 0.550 e. The molecule has 0 heterocycles. The predicted octanol–water partition coefficient (Wildman–Crippen LogP) is 2.36. The minimum Gasteiger partial charge on any atom is -0.550 e. The van der Waals surface area contributed by atoms with Gasteiger partial charge in [-0.2, -0.15) is 0 Å². The molecule has 2 rings (SSSR count). The molecule has 0 spiro atoms. The number of carboxylic acids is 1. The van der Waals surface area contributed by atoms with Crippen LogP contribution >= 0.6 is 0 Å². The summed E-state index contributed by atoms with van der Waals surface area (Å²) >= 11 is 0. The van der Waals surface area contributed by atoms with Crippen LogP contribution in [0.15, 0.2) is 54.6 Å². The number of aliphatic carboxylic acids is 1. The summed E-state index contributed by atoms with van der Waals surface area (Å²) in [6.07, 6.45) is -0.300. The topological polar surface area (TPSA) is 78.5 Å². The van der Waals surface area contributed by atoms with Crippen LogP contribution in [0.1, 0.15) is 44.4 Å². The first-order valence-electron chi connectivity index (χ1n) is 8.53. The van der Waals surface area contributed by atoms with Crippen LogP contribution in [0.5, 0.6) is 5.75 Å². The van der Waals surface area contributed by atoms with Gasteiger partial charge in [0.25, 0.3) is 5.91 Å². The minimum absolute atomic E-state index is 0.00481. The van der Waals surface area contributed by atoms with Crippen LogP contribution < -0.4 is 15.2 Å². The highest BCUT2D eigenvalue weighted by Gasteiger charge is 2.18. The van der Waals surface area contributed by atoms with E-state index >= 15 is 0 Å². The summed E-state index contributed by atoms with van der Waals surface area (Å²) < 4.78 is 5.40. The Labute approximate surface area is 154 Å². The van der Waals surface area contributed by atoms with E-state index in [1.807, 2.05) is 42.5 Å². The van der Waals surface area contributed by atoms with Gasteiger partial charge in [-0.1, -0.05) is 63.2 Å². The fourth-order valence-corrected chi connectivity index (χ4v) is 2.54. The minimum atomic E-state index is -1.22. The first kappa shape index (κ1) is 19.5. The first-order chi connectivity index (χ1) is 12.3. The van der Waals surface area contributed by atoms with Gasteiger partial charge in [-0.15, -0.1) is 0 Å². The fraction of sp³-hybridized carbons (Fsp3) is 0.333. The van der Waals surface area contributed by atoms with E-state index in [4.69, 9.17) is 4.74 Å². The number of ether oxygens (including phenoxy) is 1. The van der Waals surface area contributed by atoms with E-state index in [9.17, 15) is 14.7 Å². The van der Waals surface area contributed by atoms with E-state index in [1.165, 1.54) is 0 Å². The number of para-hydroxylation sites is 1. The standard InChI is InChI=1S/C21H25NO4/c1-21(2,3)16-11-9-15(10-12-16)18(13-20(24)25)22-19(23)14-26-17-7-5-4-6-8-17/h4-12,18H,13-14H2,1-3H3,(H,22,23)(H,24,25)/p-1/t18-/m1/s1. The maximum Gasteiger partial charge on any atom is 0.258 e. The number of nitrogens with one attached hydrogen (secondary N) is 1. The van der Waals surface area contributed by atoms with Gasteiger partial charge in [0.1, 0.15) is 5.75 Å². The maximum atomic E-state index is 12.2. The molecule has 0 fully saturated rings. The lowest BCUT2D eigenvalue weighted by Gasteiger charge is -2.23. The van der Waals surface area contributed by atoms with Crippen LogP contribution in [0.4, 0.5) is 0 Å². The second kappa shape index (κ2) is 8.52. The van der Waals surface area contributed by atoms with Crippen molar-refractivity contribution in [3.63, 3.8) is 0 Å². The van der Waals surface area contributed by atoms with E-state index in [0.717, 1.165) is 11.1 Å². The van der Waals surface area contributed by atoms with Crippen LogP contribution in [0.25, 0.3) is 0 Å². The summed E-state index contributed by atoms with van der Waals surface area (Å²) in [6.45, 7) is 6.11. The Kier molecular flexibility index (Phi) is 6.39. The molecule has 0 aliphatic rings. The average molecular weight is 354 g/mol. The maximum absolute atomic E-state index is 12.2. The third kappa shape index (κ3) is 5.92. The summed E-state index contributed by atoms with van der Waals surface area (Å²) in [7, 11) is 0. The molecule has 2 aromatic rings. The van der Waals surface area contributed by atoms with Crippen molar-refractivity contribution >= 4 is 11.9 Å². The van der Waals surface area contributed by atoms with Gasteiger partial charge in [-0.3, -0.25) is 4.79 Å². The Morgan fingerprint density at radius 2 is 1.65 bits per heavy atom. The van der Waals surface area contributed by atoms with E-state index in [2.05, 4.69) is 26.1 Å². The fourth-order valence-electron chi connectivity index (χ4n) is 2.54. The third-order valence-corrected chi connectivity index (χ3v) is 4.00. The predicted molar refractivity (Wildman–Crippen MR) is 97.6 cm³/mol. The average Bonchev–Trinajstić information content (AvgIpc) is 2.59. The molecule has 1 amide bonds. The molecule has 5 nitrogen and oxygen atoms in total. The smallest absolute Gasteiger partial charge is 0.258 e. The first-order valence-corrected chi connectivity index (χ1v) is 8.53. The van der Waals surface area contributed by atoms with Gasteiger partial charge in [-0.05, 0) is 28.7 Å². The van der Waals surface area contributed by atoms with Gasteiger partial charge in [0.05, 0.1) is 6.04 Å². The lowest BCUT2D eigenvalue weighted by molar-refractivity contribution is -0.306. The van der Waals surface area contributed by atoms with Crippen molar-refractivity contribution < 1.29 is 19.4 Å². The summed E-state index contributed by atoms with van der Waals surface area (Å²) in [5.41, 5.74) is 1.84. The lowest BCUT2D eigenvalue weighted by atomic mass is 9.86. The molecule has 0 unspecified atom stereocenters. The van der Waals surface area contributed by atoms with Crippen molar-refractivity contribution in [3.8, 4) is 5.75 Å². The third-order valence-electron chi connectivity index (χ3n) is 4.00. The number of carboxylic acid groups (broad SMARTS) is 1. The van der Waals surface area contributed by atoms with Gasteiger partial charge in [-0.25, -0.2) is 0 Å². The Bertz CT molecular complexity index is 733. The molecule has 1 N–H and O–H groups in total. The quantitative estimate of drug-likeness (QED) is 0.828. The summed E-state index contributed by atoms with van der Waals surface area (Å²) in [6, 6.07) is 15.9. The molecule has 2 aromatic carbocycles.